The van der Waals surface area contributed by atoms with E-state index < -0.39 is 5.97 Å². The number of benzene rings is 1. The van der Waals surface area contributed by atoms with Gasteiger partial charge < -0.3 is 15.1 Å². The maximum Gasteiger partial charge on any atom is 0.339 e. The number of carbonyl (C=O) groups is 1. The molecule has 0 fully saturated rings. The fraction of sp³-hybridized carbons (Fsp3) is 0.816. The van der Waals surface area contributed by atoms with E-state index in [2.05, 4.69) is 27.7 Å². The highest BCUT2D eigenvalue weighted by Gasteiger charge is 2.28. The Kier molecular flexibility index (Phi) is 24.3. The second-order valence-electron chi connectivity index (χ2n) is 12.7. The molecule has 0 aliphatic rings. The Labute approximate surface area is 265 Å². The number of carboxylic acids is 1. The standard InChI is InChI=1S/C38H68O5/c1-5-9-13-17-18-19-23-27-31-42-43-37-34(30-26-22-16-12-8-4)32(28-24-20-14-10-6-2)33(29-25-21-15-11-7-3)35(36(37)39)38(40)41/h39H,5-31H2,1-4H3,(H,40,41). The van der Waals surface area contributed by atoms with Crippen LogP contribution in [0.1, 0.15) is 202 Å². The molecule has 0 bridgehead atoms. The van der Waals surface area contributed by atoms with E-state index in [1.807, 2.05) is 0 Å². The molecule has 2 N–H and O–H groups in total. The van der Waals surface area contributed by atoms with Crippen molar-refractivity contribution in [3.05, 3.63) is 22.3 Å². The molecule has 0 spiro atoms. The number of carboxylic acid groups (broad SMARTS) is 1. The molecule has 0 atom stereocenters. The van der Waals surface area contributed by atoms with Crippen molar-refractivity contribution in [1.82, 2.24) is 0 Å². The van der Waals surface area contributed by atoms with Crippen molar-refractivity contribution in [2.24, 2.45) is 0 Å². The smallest absolute Gasteiger partial charge is 0.339 e. The van der Waals surface area contributed by atoms with E-state index in [0.717, 1.165) is 87.3 Å². The van der Waals surface area contributed by atoms with E-state index in [0.29, 0.717) is 13.0 Å². The Bertz CT molecular complexity index is 834. The summed E-state index contributed by atoms with van der Waals surface area (Å²) in [5.74, 6) is -1.06. The first kappa shape index (κ1) is 39.3. The van der Waals surface area contributed by atoms with Gasteiger partial charge in [-0.05, 0) is 56.1 Å². The molecule has 43 heavy (non-hydrogen) atoms. The van der Waals surface area contributed by atoms with E-state index in [4.69, 9.17) is 9.78 Å². The zero-order chi connectivity index (χ0) is 31.5. The first-order chi connectivity index (χ1) is 21.0. The van der Waals surface area contributed by atoms with Gasteiger partial charge in [0, 0.05) is 5.56 Å². The number of aromatic hydroxyl groups is 1. The van der Waals surface area contributed by atoms with Crippen LogP contribution in [-0.4, -0.2) is 22.8 Å². The average molecular weight is 605 g/mol. The zero-order valence-electron chi connectivity index (χ0n) is 28.7. The van der Waals surface area contributed by atoms with E-state index in [9.17, 15) is 15.0 Å². The molecule has 1 rings (SSSR count). The van der Waals surface area contributed by atoms with Gasteiger partial charge in [-0.15, -0.1) is 0 Å². The lowest BCUT2D eigenvalue weighted by Gasteiger charge is -2.23. The first-order valence-corrected chi connectivity index (χ1v) is 18.4. The predicted octanol–water partition coefficient (Wildman–Crippen LogP) is 12.1. The van der Waals surface area contributed by atoms with Crippen LogP contribution in [0.3, 0.4) is 0 Å². The van der Waals surface area contributed by atoms with Crippen molar-refractivity contribution >= 4 is 5.97 Å². The van der Waals surface area contributed by atoms with Gasteiger partial charge in [0.15, 0.2) is 5.75 Å². The lowest BCUT2D eigenvalue weighted by atomic mass is 9.85. The molecule has 5 heteroatoms. The molecule has 0 aliphatic carbocycles. The molecule has 0 radical (unpaired) electrons. The zero-order valence-corrected chi connectivity index (χ0v) is 28.7. The van der Waals surface area contributed by atoms with Crippen LogP contribution in [0.5, 0.6) is 11.5 Å². The summed E-state index contributed by atoms with van der Waals surface area (Å²) in [6.07, 6.45) is 29.0. The molecule has 1 aromatic rings. The molecular formula is C38H68O5. The van der Waals surface area contributed by atoms with Crippen LogP contribution in [0.25, 0.3) is 0 Å². The van der Waals surface area contributed by atoms with Crippen LogP contribution in [0.4, 0.5) is 0 Å². The van der Waals surface area contributed by atoms with Gasteiger partial charge in [-0.3, -0.25) is 0 Å². The largest absolute Gasteiger partial charge is 0.504 e. The third kappa shape index (κ3) is 16.8. The first-order valence-electron chi connectivity index (χ1n) is 18.4. The van der Waals surface area contributed by atoms with Gasteiger partial charge in [-0.25, -0.2) is 4.79 Å². The summed E-state index contributed by atoms with van der Waals surface area (Å²) in [6, 6.07) is 0. The van der Waals surface area contributed by atoms with Crippen molar-refractivity contribution in [3.8, 4) is 11.5 Å². The highest BCUT2D eigenvalue weighted by Crippen LogP contribution is 2.42. The molecule has 0 aromatic heterocycles. The van der Waals surface area contributed by atoms with Crippen LogP contribution in [0.15, 0.2) is 0 Å². The monoisotopic (exact) mass is 605 g/mol. The molecule has 0 unspecified atom stereocenters. The molecule has 0 aliphatic heterocycles. The van der Waals surface area contributed by atoms with Gasteiger partial charge >= 0.3 is 5.97 Å². The van der Waals surface area contributed by atoms with Crippen molar-refractivity contribution in [3.63, 3.8) is 0 Å². The number of phenols is 1. The highest BCUT2D eigenvalue weighted by atomic mass is 17.2. The summed E-state index contributed by atoms with van der Waals surface area (Å²) < 4.78 is 0. The summed E-state index contributed by atoms with van der Waals surface area (Å²) in [7, 11) is 0. The summed E-state index contributed by atoms with van der Waals surface area (Å²) in [6.45, 7) is 9.34. The normalized spacial score (nSPS) is 11.3. The van der Waals surface area contributed by atoms with Crippen molar-refractivity contribution in [2.45, 2.75) is 195 Å². The maximum atomic E-state index is 12.6. The Morgan fingerprint density at radius 2 is 0.884 bits per heavy atom. The second-order valence-corrected chi connectivity index (χ2v) is 12.7. The molecule has 0 saturated carbocycles. The average Bonchev–Trinajstić information content (AvgIpc) is 2.99. The van der Waals surface area contributed by atoms with Crippen LogP contribution >= 0.6 is 0 Å². The fourth-order valence-corrected chi connectivity index (χ4v) is 6.14. The molecule has 250 valence electrons. The van der Waals surface area contributed by atoms with Crippen molar-refractivity contribution in [2.75, 3.05) is 6.61 Å². The van der Waals surface area contributed by atoms with Gasteiger partial charge in [0.1, 0.15) is 5.56 Å². The number of unbranched alkanes of at least 4 members (excludes halogenated alkanes) is 19. The van der Waals surface area contributed by atoms with Crippen molar-refractivity contribution < 1.29 is 24.8 Å². The predicted molar refractivity (Wildman–Crippen MR) is 182 cm³/mol. The van der Waals surface area contributed by atoms with Crippen molar-refractivity contribution in [1.29, 1.82) is 0 Å². The summed E-state index contributed by atoms with van der Waals surface area (Å²) in [5, 5.41) is 21.8. The minimum absolute atomic E-state index is 0.0273. The fourth-order valence-electron chi connectivity index (χ4n) is 6.14. The number of hydrogen-bond acceptors (Lipinski definition) is 4. The molecule has 1 aromatic carbocycles. The highest BCUT2D eigenvalue weighted by molar-refractivity contribution is 5.94. The minimum atomic E-state index is -1.07. The summed E-state index contributed by atoms with van der Waals surface area (Å²) in [4.78, 5) is 24.2. The molecule has 5 nitrogen and oxygen atoms in total. The Balaban J connectivity index is 3.21. The minimum Gasteiger partial charge on any atom is -0.504 e. The third-order valence-corrected chi connectivity index (χ3v) is 8.78. The van der Waals surface area contributed by atoms with E-state index >= 15 is 0 Å². The number of rotatable bonds is 30. The number of hydrogen-bond donors (Lipinski definition) is 2. The Hall–Kier alpha value is -1.75. The van der Waals surface area contributed by atoms with Gasteiger partial charge in [-0.1, -0.05) is 150 Å². The molecular weight excluding hydrogens is 536 g/mol. The lowest BCUT2D eigenvalue weighted by molar-refractivity contribution is -0.208. The van der Waals surface area contributed by atoms with E-state index in [1.54, 1.807) is 0 Å². The topological polar surface area (TPSA) is 76.0 Å². The van der Waals surface area contributed by atoms with Crippen LogP contribution < -0.4 is 4.89 Å². The summed E-state index contributed by atoms with van der Waals surface area (Å²) >= 11 is 0. The quantitative estimate of drug-likeness (QED) is 0.0519. The SMILES string of the molecule is CCCCCCCCCCOOc1c(O)c(C(=O)O)c(CCCCCCC)c(CCCCCCC)c1CCCCCCC. The molecule has 0 saturated heterocycles. The van der Waals surface area contributed by atoms with E-state index in [1.165, 1.54) is 89.9 Å². The van der Waals surface area contributed by atoms with Gasteiger partial charge in [-0.2, -0.15) is 4.89 Å². The third-order valence-electron chi connectivity index (χ3n) is 8.78. The molecule has 0 amide bonds. The second kappa shape index (κ2) is 26.6. The Morgan fingerprint density at radius 1 is 0.512 bits per heavy atom. The number of aromatic carboxylic acids is 1. The Morgan fingerprint density at radius 3 is 1.33 bits per heavy atom. The van der Waals surface area contributed by atoms with E-state index in [-0.39, 0.29) is 17.1 Å². The van der Waals surface area contributed by atoms with Gasteiger partial charge in [0.2, 0.25) is 5.75 Å². The maximum absolute atomic E-state index is 12.6. The van der Waals surface area contributed by atoms with Gasteiger partial charge in [0.25, 0.3) is 0 Å². The summed E-state index contributed by atoms with van der Waals surface area (Å²) in [5.41, 5.74) is 2.94. The van der Waals surface area contributed by atoms with Gasteiger partial charge in [0.05, 0.1) is 6.61 Å². The van der Waals surface area contributed by atoms with Crippen LogP contribution in [0.2, 0.25) is 0 Å². The molecule has 0 heterocycles. The lowest BCUT2D eigenvalue weighted by Crippen LogP contribution is -2.14. The van der Waals surface area contributed by atoms with Crippen LogP contribution in [-0.2, 0) is 24.2 Å². The van der Waals surface area contributed by atoms with Crippen LogP contribution in [0, 0.1) is 0 Å².